The number of pyridine rings is 1. The van der Waals surface area contributed by atoms with E-state index in [-0.39, 0.29) is 5.41 Å². The van der Waals surface area contributed by atoms with Gasteiger partial charge in [0, 0.05) is 26.5 Å². The fourth-order valence-corrected chi connectivity index (χ4v) is 2.33. The Hall–Kier alpha value is -1.20. The third kappa shape index (κ3) is 2.79. The number of methoxy groups -OCH3 is 1. The first-order chi connectivity index (χ1) is 8.53. The Kier molecular flexibility index (Phi) is 3.82. The van der Waals surface area contributed by atoms with Gasteiger partial charge in [0.15, 0.2) is 4.77 Å². The Morgan fingerprint density at radius 2 is 2.28 bits per heavy atom. The van der Waals surface area contributed by atoms with Gasteiger partial charge in [0.2, 0.25) is 0 Å². The van der Waals surface area contributed by atoms with Gasteiger partial charge in [-0.25, -0.2) is 0 Å². The quantitative estimate of drug-likeness (QED) is 0.844. The largest absolute Gasteiger partial charge is 0.385 e. The van der Waals surface area contributed by atoms with E-state index in [1.54, 1.807) is 13.3 Å². The third-order valence-corrected chi connectivity index (χ3v) is 3.47. The van der Waals surface area contributed by atoms with Crippen LogP contribution in [-0.2, 0) is 11.3 Å². The predicted molar refractivity (Wildman–Crippen MR) is 75.2 cm³/mol. The van der Waals surface area contributed by atoms with Gasteiger partial charge in [0.05, 0.1) is 17.2 Å². The SMILES string of the molecule is COCCC(C)(C)Cn1c(=S)[nH]c2cnccc21. The number of hydrogen-bond donors (Lipinski definition) is 1. The zero-order chi connectivity index (χ0) is 13.2. The standard InChI is InChI=1S/C13H19N3OS/c1-13(2,5-7-17-3)9-16-11-4-6-14-8-10(11)15-12(16)18/h4,6,8H,5,7,9H2,1-3H3,(H,15,18). The monoisotopic (exact) mass is 265 g/mol. The van der Waals surface area contributed by atoms with E-state index in [9.17, 15) is 0 Å². The first kappa shape index (κ1) is 13.2. The minimum Gasteiger partial charge on any atom is -0.385 e. The molecule has 0 atom stereocenters. The molecule has 2 heterocycles. The summed E-state index contributed by atoms with van der Waals surface area (Å²) in [6.45, 7) is 6.10. The summed E-state index contributed by atoms with van der Waals surface area (Å²) in [6, 6.07) is 1.99. The van der Waals surface area contributed by atoms with E-state index in [2.05, 4.69) is 28.4 Å². The summed E-state index contributed by atoms with van der Waals surface area (Å²) < 4.78 is 8.06. The molecule has 0 amide bonds. The molecule has 0 aliphatic rings. The maximum atomic E-state index is 5.38. The maximum absolute atomic E-state index is 5.38. The normalized spacial score (nSPS) is 12.2. The molecule has 4 nitrogen and oxygen atoms in total. The molecule has 0 spiro atoms. The summed E-state index contributed by atoms with van der Waals surface area (Å²) in [6.07, 6.45) is 4.61. The predicted octanol–water partition coefficient (Wildman–Crippen LogP) is 3.16. The van der Waals surface area contributed by atoms with E-state index in [0.717, 1.165) is 35.4 Å². The van der Waals surface area contributed by atoms with E-state index in [0.29, 0.717) is 0 Å². The zero-order valence-corrected chi connectivity index (χ0v) is 11.9. The molecular weight excluding hydrogens is 246 g/mol. The van der Waals surface area contributed by atoms with E-state index in [4.69, 9.17) is 17.0 Å². The number of H-pyrrole nitrogens is 1. The summed E-state index contributed by atoms with van der Waals surface area (Å²) in [7, 11) is 1.74. The van der Waals surface area contributed by atoms with Crippen molar-refractivity contribution >= 4 is 23.3 Å². The topological polar surface area (TPSA) is 42.8 Å². The molecule has 0 fully saturated rings. The van der Waals surface area contributed by atoms with Crippen LogP contribution in [0.1, 0.15) is 20.3 Å². The highest BCUT2D eigenvalue weighted by atomic mass is 32.1. The molecular formula is C13H19N3OS. The number of nitrogens with zero attached hydrogens (tertiary/aromatic N) is 2. The highest BCUT2D eigenvalue weighted by molar-refractivity contribution is 7.71. The van der Waals surface area contributed by atoms with Crippen LogP contribution in [0.5, 0.6) is 0 Å². The molecule has 1 N–H and O–H groups in total. The maximum Gasteiger partial charge on any atom is 0.178 e. The van der Waals surface area contributed by atoms with Crippen LogP contribution >= 0.6 is 12.2 Å². The molecule has 0 saturated heterocycles. The van der Waals surface area contributed by atoms with E-state index in [1.807, 2.05) is 12.3 Å². The number of hydrogen-bond acceptors (Lipinski definition) is 3. The minimum atomic E-state index is 0.145. The molecule has 18 heavy (non-hydrogen) atoms. The molecule has 0 radical (unpaired) electrons. The summed E-state index contributed by atoms with van der Waals surface area (Å²) in [5.41, 5.74) is 2.25. The lowest BCUT2D eigenvalue weighted by molar-refractivity contribution is 0.143. The second kappa shape index (κ2) is 5.20. The summed E-state index contributed by atoms with van der Waals surface area (Å²) >= 11 is 5.38. The molecule has 0 aliphatic heterocycles. The highest BCUT2D eigenvalue weighted by Gasteiger charge is 2.20. The molecule has 0 aromatic carbocycles. The lowest BCUT2D eigenvalue weighted by Crippen LogP contribution is -2.21. The first-order valence-corrected chi connectivity index (χ1v) is 6.46. The molecule has 2 aromatic heterocycles. The van der Waals surface area contributed by atoms with Gasteiger partial charge in [-0.2, -0.15) is 0 Å². The van der Waals surface area contributed by atoms with Crippen LogP contribution in [0, 0.1) is 10.2 Å². The number of nitrogens with one attached hydrogen (secondary N) is 1. The van der Waals surface area contributed by atoms with Crippen molar-refractivity contribution in [3.8, 4) is 0 Å². The van der Waals surface area contributed by atoms with Gasteiger partial charge in [0.25, 0.3) is 0 Å². The Balaban J connectivity index is 2.31. The van der Waals surface area contributed by atoms with Crippen molar-refractivity contribution in [2.75, 3.05) is 13.7 Å². The Morgan fingerprint density at radius 3 is 3.00 bits per heavy atom. The fraction of sp³-hybridized carbons (Fsp3) is 0.538. The van der Waals surface area contributed by atoms with Crippen molar-refractivity contribution in [1.82, 2.24) is 14.5 Å². The second-order valence-corrected chi connectivity index (χ2v) is 5.70. The number of aromatic nitrogens is 3. The van der Waals surface area contributed by atoms with Crippen LogP contribution in [-0.4, -0.2) is 28.3 Å². The molecule has 2 rings (SSSR count). The van der Waals surface area contributed by atoms with Crippen molar-refractivity contribution in [3.05, 3.63) is 23.2 Å². The van der Waals surface area contributed by atoms with Crippen molar-refractivity contribution in [1.29, 1.82) is 0 Å². The average molecular weight is 265 g/mol. The van der Waals surface area contributed by atoms with Crippen LogP contribution in [0.3, 0.4) is 0 Å². The first-order valence-electron chi connectivity index (χ1n) is 6.05. The van der Waals surface area contributed by atoms with Crippen LogP contribution in [0.4, 0.5) is 0 Å². The summed E-state index contributed by atoms with van der Waals surface area (Å²) in [5, 5.41) is 0. The number of rotatable bonds is 5. The lowest BCUT2D eigenvalue weighted by Gasteiger charge is -2.25. The Labute approximate surface area is 112 Å². The Bertz CT molecular complexity index is 585. The molecule has 0 saturated carbocycles. The van der Waals surface area contributed by atoms with Gasteiger partial charge in [-0.3, -0.25) is 4.98 Å². The van der Waals surface area contributed by atoms with Gasteiger partial charge in [-0.05, 0) is 30.1 Å². The highest BCUT2D eigenvalue weighted by Crippen LogP contribution is 2.25. The van der Waals surface area contributed by atoms with E-state index >= 15 is 0 Å². The molecule has 2 aromatic rings. The summed E-state index contributed by atoms with van der Waals surface area (Å²) in [4.78, 5) is 7.29. The molecule has 0 aliphatic carbocycles. The van der Waals surface area contributed by atoms with Crippen LogP contribution < -0.4 is 0 Å². The minimum absolute atomic E-state index is 0.145. The number of fused-ring (bicyclic) bond motifs is 1. The van der Waals surface area contributed by atoms with Gasteiger partial charge < -0.3 is 14.3 Å². The van der Waals surface area contributed by atoms with Gasteiger partial charge in [-0.1, -0.05) is 13.8 Å². The lowest BCUT2D eigenvalue weighted by atomic mass is 9.89. The van der Waals surface area contributed by atoms with Crippen molar-refractivity contribution in [3.63, 3.8) is 0 Å². The van der Waals surface area contributed by atoms with Gasteiger partial charge >= 0.3 is 0 Å². The summed E-state index contributed by atoms with van der Waals surface area (Å²) in [5.74, 6) is 0. The average Bonchev–Trinajstić information content (AvgIpc) is 2.63. The van der Waals surface area contributed by atoms with Crippen molar-refractivity contribution in [2.45, 2.75) is 26.8 Å². The van der Waals surface area contributed by atoms with Crippen LogP contribution in [0.2, 0.25) is 0 Å². The van der Waals surface area contributed by atoms with Gasteiger partial charge in [0.1, 0.15) is 0 Å². The molecule has 0 bridgehead atoms. The van der Waals surface area contributed by atoms with E-state index in [1.165, 1.54) is 0 Å². The van der Waals surface area contributed by atoms with E-state index < -0.39 is 0 Å². The molecule has 0 unspecified atom stereocenters. The Morgan fingerprint density at radius 1 is 1.50 bits per heavy atom. The fourth-order valence-electron chi connectivity index (χ4n) is 2.05. The third-order valence-electron chi connectivity index (χ3n) is 3.14. The molecule has 5 heteroatoms. The molecule has 98 valence electrons. The number of ether oxygens (including phenoxy) is 1. The smallest absolute Gasteiger partial charge is 0.178 e. The number of aromatic amines is 1. The van der Waals surface area contributed by atoms with Crippen LogP contribution in [0.15, 0.2) is 18.5 Å². The van der Waals surface area contributed by atoms with Crippen molar-refractivity contribution < 1.29 is 4.74 Å². The number of imidazole rings is 1. The zero-order valence-electron chi connectivity index (χ0n) is 11.1. The van der Waals surface area contributed by atoms with Gasteiger partial charge in [-0.15, -0.1) is 0 Å². The second-order valence-electron chi connectivity index (χ2n) is 5.32. The van der Waals surface area contributed by atoms with Crippen LogP contribution in [0.25, 0.3) is 11.0 Å². The van der Waals surface area contributed by atoms with Crippen molar-refractivity contribution in [2.24, 2.45) is 5.41 Å².